The molecule has 0 radical (unpaired) electrons. The number of nitrogens with zero attached hydrogens (tertiary/aromatic N) is 5. The van der Waals surface area contributed by atoms with Crippen LogP contribution in [-0.2, 0) is 4.79 Å². The molecule has 40 heavy (non-hydrogen) atoms. The zero-order valence-corrected chi connectivity index (χ0v) is 24.2. The van der Waals surface area contributed by atoms with Gasteiger partial charge in [0.05, 0.1) is 25.9 Å². The Hall–Kier alpha value is -3.11. The number of carbonyl (C=O) groups is 2. The molecule has 1 spiro atoms. The molecule has 0 unspecified atom stereocenters. The number of benzene rings is 1. The van der Waals surface area contributed by atoms with Gasteiger partial charge in [0, 0.05) is 44.1 Å². The third kappa shape index (κ3) is 5.07. The molecule has 2 saturated heterocycles. The number of rotatable bonds is 5. The Morgan fingerprint density at radius 3 is 2.48 bits per heavy atom. The molecule has 1 aliphatic carbocycles. The molecule has 10 nitrogen and oxygen atoms in total. The second-order valence-electron chi connectivity index (χ2n) is 12.2. The molecule has 1 saturated carbocycles. The second-order valence-corrected chi connectivity index (χ2v) is 12.2. The van der Waals surface area contributed by atoms with Gasteiger partial charge in [-0.15, -0.1) is 0 Å². The molecule has 0 aromatic heterocycles. The van der Waals surface area contributed by atoms with Crippen LogP contribution < -0.4 is 15.4 Å². The fourth-order valence-electron chi connectivity index (χ4n) is 6.94. The standard InChI is InChI=1S/C30H43N7O3/c1-34-14-11-22(12-15-34)31-29(39)21-9-10-24(26(19-21)40-3)32-30-33-28-25(20-37(30)17-6-18-37)35(2)27(38)13-16-36(28)23-7-4-5-8-23/h9-10,19,22-23H,4-8,11-18,20H2,1-3H3,(H-,31,32,33,39)/p+1. The Labute approximate surface area is 237 Å². The van der Waals surface area contributed by atoms with E-state index < -0.39 is 0 Å². The van der Waals surface area contributed by atoms with Gasteiger partial charge in [-0.3, -0.25) is 19.4 Å². The number of amides is 2. The summed E-state index contributed by atoms with van der Waals surface area (Å²) in [5.74, 6) is 2.59. The predicted octanol–water partition coefficient (Wildman–Crippen LogP) is 2.80. The maximum Gasteiger partial charge on any atom is 0.309 e. The largest absolute Gasteiger partial charge is 0.495 e. The molecule has 0 atom stereocenters. The average Bonchev–Trinajstić information content (AvgIpc) is 3.44. The molecule has 2 amide bonds. The summed E-state index contributed by atoms with van der Waals surface area (Å²) in [4.78, 5) is 37.9. The minimum absolute atomic E-state index is 0.0613. The lowest BCUT2D eigenvalue weighted by molar-refractivity contribution is -0.878. The van der Waals surface area contributed by atoms with E-state index in [4.69, 9.17) is 9.73 Å². The summed E-state index contributed by atoms with van der Waals surface area (Å²) in [7, 11) is 5.68. The summed E-state index contributed by atoms with van der Waals surface area (Å²) in [6.07, 6.45) is 8.36. The molecule has 1 aromatic rings. The van der Waals surface area contributed by atoms with Crippen molar-refractivity contribution < 1.29 is 18.8 Å². The Balaban J connectivity index is 1.28. The van der Waals surface area contributed by atoms with E-state index in [1.165, 1.54) is 12.8 Å². The quantitative estimate of drug-likeness (QED) is 0.549. The first-order chi connectivity index (χ1) is 19.4. The number of carbonyl (C=O) groups excluding carboxylic acids is 2. The third-order valence-corrected chi connectivity index (χ3v) is 9.69. The monoisotopic (exact) mass is 550 g/mol. The first kappa shape index (κ1) is 27.1. The van der Waals surface area contributed by atoms with Crippen LogP contribution in [0.3, 0.4) is 0 Å². The number of guanidine groups is 1. The van der Waals surface area contributed by atoms with Gasteiger partial charge in [-0.25, -0.2) is 0 Å². The summed E-state index contributed by atoms with van der Waals surface area (Å²) >= 11 is 0. The highest BCUT2D eigenvalue weighted by Crippen LogP contribution is 2.38. The molecular formula is C30H44N7O3+. The summed E-state index contributed by atoms with van der Waals surface area (Å²) in [5.41, 5.74) is 2.45. The first-order valence-corrected chi connectivity index (χ1v) is 15.0. The van der Waals surface area contributed by atoms with Crippen LogP contribution in [0.5, 0.6) is 5.75 Å². The van der Waals surface area contributed by atoms with Crippen LogP contribution in [0.4, 0.5) is 5.69 Å². The number of quaternary nitrogens is 1. The van der Waals surface area contributed by atoms with E-state index in [9.17, 15) is 9.59 Å². The number of anilines is 1. The molecule has 4 heterocycles. The van der Waals surface area contributed by atoms with Crippen LogP contribution in [0.2, 0.25) is 0 Å². The molecule has 1 aromatic carbocycles. The van der Waals surface area contributed by atoms with Gasteiger partial charge in [0.2, 0.25) is 5.91 Å². The lowest BCUT2D eigenvalue weighted by Gasteiger charge is -2.48. The van der Waals surface area contributed by atoms with Gasteiger partial charge < -0.3 is 24.8 Å². The van der Waals surface area contributed by atoms with Crippen LogP contribution in [0.25, 0.3) is 0 Å². The summed E-state index contributed by atoms with van der Waals surface area (Å²) < 4.78 is 6.48. The van der Waals surface area contributed by atoms with Gasteiger partial charge >= 0.3 is 5.96 Å². The minimum Gasteiger partial charge on any atom is -0.495 e. The van der Waals surface area contributed by atoms with Crippen molar-refractivity contribution in [1.29, 1.82) is 0 Å². The van der Waals surface area contributed by atoms with Crippen LogP contribution >= 0.6 is 0 Å². The van der Waals surface area contributed by atoms with Crippen molar-refractivity contribution in [3.05, 3.63) is 35.3 Å². The maximum atomic E-state index is 13.1. The maximum absolute atomic E-state index is 13.1. The number of nitrogens with one attached hydrogen (secondary N) is 2. The second kappa shape index (κ2) is 11.0. The van der Waals surface area contributed by atoms with E-state index in [-0.39, 0.29) is 17.9 Å². The van der Waals surface area contributed by atoms with E-state index in [0.29, 0.717) is 34.8 Å². The summed E-state index contributed by atoms with van der Waals surface area (Å²) in [6, 6.07) is 6.27. The number of methoxy groups -OCH3 is 1. The van der Waals surface area contributed by atoms with Crippen molar-refractivity contribution >= 4 is 23.5 Å². The lowest BCUT2D eigenvalue weighted by atomic mass is 10.0. The highest BCUT2D eigenvalue weighted by Gasteiger charge is 2.49. The van der Waals surface area contributed by atoms with E-state index in [2.05, 4.69) is 27.5 Å². The fourth-order valence-corrected chi connectivity index (χ4v) is 6.94. The molecule has 5 aliphatic rings. The smallest absolute Gasteiger partial charge is 0.309 e. The van der Waals surface area contributed by atoms with Gasteiger partial charge in [-0.05, 0) is 64.0 Å². The number of aliphatic imine (C=N–C) groups is 1. The van der Waals surface area contributed by atoms with Gasteiger partial charge in [0.1, 0.15) is 18.0 Å². The van der Waals surface area contributed by atoms with Gasteiger partial charge in [0.15, 0.2) is 5.82 Å². The molecular weight excluding hydrogens is 506 g/mol. The van der Waals surface area contributed by atoms with E-state index in [1.807, 2.05) is 30.1 Å². The third-order valence-electron chi connectivity index (χ3n) is 9.69. The van der Waals surface area contributed by atoms with Crippen LogP contribution in [-0.4, -0.2) is 110 Å². The summed E-state index contributed by atoms with van der Waals surface area (Å²) in [5, 5.41) is 6.84. The number of likely N-dealkylation sites (tertiary alicyclic amines) is 1. The topological polar surface area (TPSA) is 89.5 Å². The highest BCUT2D eigenvalue weighted by molar-refractivity contribution is 5.97. The van der Waals surface area contributed by atoms with Crippen molar-refractivity contribution in [3.63, 3.8) is 0 Å². The Kier molecular flexibility index (Phi) is 7.48. The predicted molar refractivity (Wildman–Crippen MR) is 155 cm³/mol. The lowest BCUT2D eigenvalue weighted by Crippen LogP contribution is -2.66. The van der Waals surface area contributed by atoms with Crippen LogP contribution in [0.1, 0.15) is 61.7 Å². The van der Waals surface area contributed by atoms with Crippen molar-refractivity contribution in [2.24, 2.45) is 4.99 Å². The van der Waals surface area contributed by atoms with Crippen molar-refractivity contribution in [3.8, 4) is 5.75 Å². The molecule has 4 aliphatic heterocycles. The Bertz CT molecular complexity index is 1210. The van der Waals surface area contributed by atoms with E-state index in [0.717, 1.165) is 88.0 Å². The van der Waals surface area contributed by atoms with Crippen molar-refractivity contribution in [2.45, 2.75) is 63.5 Å². The van der Waals surface area contributed by atoms with Crippen molar-refractivity contribution in [1.82, 2.24) is 20.0 Å². The minimum atomic E-state index is -0.0613. The van der Waals surface area contributed by atoms with Gasteiger partial charge in [0.25, 0.3) is 5.91 Å². The molecule has 3 fully saturated rings. The Morgan fingerprint density at radius 2 is 1.80 bits per heavy atom. The number of hydrogen-bond donors (Lipinski definition) is 2. The fraction of sp³-hybridized carbons (Fsp3) is 0.633. The number of piperidine rings is 1. The normalized spacial score (nSPS) is 24.0. The SMILES string of the molecule is COc1cc(C(=O)NC2CCN(C)CC2)ccc1NC1=NC2=C(C[N+]13CCC3)N(C)C(=O)CCN2C1CCCC1. The first-order valence-electron chi connectivity index (χ1n) is 15.0. The van der Waals surface area contributed by atoms with E-state index in [1.54, 1.807) is 7.11 Å². The van der Waals surface area contributed by atoms with E-state index >= 15 is 0 Å². The van der Waals surface area contributed by atoms with Gasteiger partial charge in [-0.1, -0.05) is 12.8 Å². The van der Waals surface area contributed by atoms with Gasteiger partial charge in [-0.2, -0.15) is 4.99 Å². The molecule has 216 valence electrons. The molecule has 0 bridgehead atoms. The highest BCUT2D eigenvalue weighted by atomic mass is 16.5. The molecule has 6 rings (SSSR count). The van der Waals surface area contributed by atoms with Crippen LogP contribution in [0.15, 0.2) is 34.7 Å². The zero-order valence-electron chi connectivity index (χ0n) is 24.2. The number of likely N-dealkylation sites (N-methyl/N-ethyl adjacent to an activating group) is 1. The number of ether oxygens (including phenoxy) is 1. The summed E-state index contributed by atoms with van der Waals surface area (Å²) in [6.45, 7) is 5.43. The Morgan fingerprint density at radius 1 is 1.05 bits per heavy atom. The zero-order chi connectivity index (χ0) is 27.9. The number of hydrogen-bond acceptors (Lipinski definition) is 7. The van der Waals surface area contributed by atoms with Crippen molar-refractivity contribution in [2.75, 3.05) is 65.8 Å². The van der Waals surface area contributed by atoms with Crippen LogP contribution in [0, 0.1) is 0 Å². The molecule has 10 heteroatoms. The molecule has 2 N–H and O–H groups in total. The average molecular weight is 551 g/mol.